The maximum atomic E-state index is 12.9. The number of hydrogen-bond acceptors (Lipinski definition) is 2. The minimum absolute atomic E-state index is 0.0621. The molecule has 1 heterocycles. The lowest BCUT2D eigenvalue weighted by atomic mass is 9.96. The van der Waals surface area contributed by atoms with E-state index >= 15 is 0 Å². The van der Waals surface area contributed by atoms with E-state index in [4.69, 9.17) is 5.73 Å². The molecule has 1 aliphatic carbocycles. The molecule has 0 atom stereocenters. The summed E-state index contributed by atoms with van der Waals surface area (Å²) in [5.74, 6) is 0. The summed E-state index contributed by atoms with van der Waals surface area (Å²) in [6, 6.07) is 12.8. The van der Waals surface area contributed by atoms with Crippen LogP contribution in [0.1, 0.15) is 50.8 Å². The van der Waals surface area contributed by atoms with Gasteiger partial charge in [-0.15, -0.1) is 0 Å². The van der Waals surface area contributed by atoms with Crippen molar-refractivity contribution in [3.8, 4) is 11.3 Å². The first-order chi connectivity index (χ1) is 10.4. The zero-order valence-electron chi connectivity index (χ0n) is 13.6. The van der Waals surface area contributed by atoms with Gasteiger partial charge in [0.15, 0.2) is 0 Å². The van der Waals surface area contributed by atoms with Crippen molar-refractivity contribution >= 4 is 0 Å². The van der Waals surface area contributed by atoms with Crippen molar-refractivity contribution in [3.63, 3.8) is 0 Å². The lowest BCUT2D eigenvalue weighted by molar-refractivity contribution is 0.535. The first-order valence-electron chi connectivity index (χ1n) is 8.06. The molecule has 1 aromatic carbocycles. The summed E-state index contributed by atoms with van der Waals surface area (Å²) < 4.78 is 1.95. The average molecular weight is 296 g/mol. The van der Waals surface area contributed by atoms with Gasteiger partial charge in [0.2, 0.25) is 0 Å². The van der Waals surface area contributed by atoms with Crippen LogP contribution in [0.25, 0.3) is 11.3 Å². The number of aromatic nitrogens is 1. The minimum atomic E-state index is -0.613. The van der Waals surface area contributed by atoms with E-state index in [9.17, 15) is 4.79 Å². The molecule has 1 aliphatic rings. The molecule has 0 radical (unpaired) electrons. The lowest BCUT2D eigenvalue weighted by Crippen LogP contribution is -2.38. The molecule has 3 heteroatoms. The molecule has 0 spiro atoms. The summed E-state index contributed by atoms with van der Waals surface area (Å²) in [6.45, 7) is 5.92. The van der Waals surface area contributed by atoms with Gasteiger partial charge < -0.3 is 10.3 Å². The third-order valence-electron chi connectivity index (χ3n) is 4.38. The molecule has 1 fully saturated rings. The van der Waals surface area contributed by atoms with Gasteiger partial charge in [-0.25, -0.2) is 0 Å². The SMILES string of the molecule is CCc1ccc(-c2ccc(C(C)(C)N)c(=O)n2C2CC2)cc1. The quantitative estimate of drug-likeness (QED) is 0.937. The van der Waals surface area contributed by atoms with Crippen LogP contribution in [-0.4, -0.2) is 4.57 Å². The Morgan fingerprint density at radius 2 is 1.77 bits per heavy atom. The van der Waals surface area contributed by atoms with Crippen LogP contribution >= 0.6 is 0 Å². The number of nitrogens with two attached hydrogens (primary N) is 1. The molecule has 1 aromatic heterocycles. The average Bonchev–Trinajstić information content (AvgIpc) is 3.30. The third-order valence-corrected chi connectivity index (χ3v) is 4.38. The lowest BCUT2D eigenvalue weighted by Gasteiger charge is -2.22. The van der Waals surface area contributed by atoms with Gasteiger partial charge in [-0.2, -0.15) is 0 Å². The fourth-order valence-electron chi connectivity index (χ4n) is 2.89. The van der Waals surface area contributed by atoms with Crippen molar-refractivity contribution in [1.82, 2.24) is 4.57 Å². The van der Waals surface area contributed by atoms with Crippen LogP contribution in [0.2, 0.25) is 0 Å². The maximum Gasteiger partial charge on any atom is 0.256 e. The van der Waals surface area contributed by atoms with Crippen LogP contribution in [0.3, 0.4) is 0 Å². The highest BCUT2D eigenvalue weighted by atomic mass is 16.1. The molecule has 22 heavy (non-hydrogen) atoms. The highest BCUT2D eigenvalue weighted by Gasteiger charge is 2.30. The topological polar surface area (TPSA) is 48.0 Å². The van der Waals surface area contributed by atoms with Gasteiger partial charge in [-0.1, -0.05) is 31.2 Å². The van der Waals surface area contributed by atoms with Crippen molar-refractivity contribution in [1.29, 1.82) is 0 Å². The van der Waals surface area contributed by atoms with Crippen molar-refractivity contribution in [2.75, 3.05) is 0 Å². The van der Waals surface area contributed by atoms with E-state index in [1.165, 1.54) is 5.56 Å². The van der Waals surface area contributed by atoms with Gasteiger partial charge in [0.25, 0.3) is 5.56 Å². The van der Waals surface area contributed by atoms with Crippen LogP contribution in [-0.2, 0) is 12.0 Å². The fraction of sp³-hybridized carbons (Fsp3) is 0.421. The summed E-state index contributed by atoms with van der Waals surface area (Å²) in [5, 5.41) is 0. The second-order valence-corrected chi connectivity index (χ2v) is 6.81. The molecule has 2 N–H and O–H groups in total. The highest BCUT2D eigenvalue weighted by Crippen LogP contribution is 2.37. The van der Waals surface area contributed by atoms with Gasteiger partial charge in [0, 0.05) is 17.1 Å². The van der Waals surface area contributed by atoms with E-state index in [2.05, 4.69) is 31.2 Å². The molecular formula is C19H24N2O. The van der Waals surface area contributed by atoms with Gasteiger partial charge in [-0.3, -0.25) is 4.79 Å². The van der Waals surface area contributed by atoms with E-state index in [0.29, 0.717) is 11.6 Å². The molecule has 0 saturated heterocycles. The Kier molecular flexibility index (Phi) is 3.69. The molecule has 0 bridgehead atoms. The summed E-state index contributed by atoms with van der Waals surface area (Å²) in [4.78, 5) is 12.9. The molecule has 0 unspecified atom stereocenters. The summed E-state index contributed by atoms with van der Waals surface area (Å²) >= 11 is 0. The van der Waals surface area contributed by atoms with Gasteiger partial charge in [0.1, 0.15) is 0 Å². The van der Waals surface area contributed by atoms with E-state index < -0.39 is 5.54 Å². The monoisotopic (exact) mass is 296 g/mol. The second kappa shape index (κ2) is 5.40. The van der Waals surface area contributed by atoms with Gasteiger partial charge in [0.05, 0.1) is 5.69 Å². The predicted octanol–water partition coefficient (Wildman–Crippen LogP) is 3.61. The van der Waals surface area contributed by atoms with Crippen LogP contribution in [0.15, 0.2) is 41.2 Å². The summed E-state index contributed by atoms with van der Waals surface area (Å²) in [7, 11) is 0. The Bertz CT molecular complexity index is 732. The van der Waals surface area contributed by atoms with Crippen LogP contribution < -0.4 is 11.3 Å². The maximum absolute atomic E-state index is 12.9. The fourth-order valence-corrected chi connectivity index (χ4v) is 2.89. The predicted molar refractivity (Wildman–Crippen MR) is 91.0 cm³/mol. The van der Waals surface area contributed by atoms with Crippen molar-refractivity contribution < 1.29 is 0 Å². The molecular weight excluding hydrogens is 272 g/mol. The number of aryl methyl sites for hydroxylation is 1. The number of pyridine rings is 1. The van der Waals surface area contributed by atoms with E-state index in [0.717, 1.165) is 30.5 Å². The summed E-state index contributed by atoms with van der Waals surface area (Å²) in [5.41, 5.74) is 9.71. The second-order valence-electron chi connectivity index (χ2n) is 6.81. The minimum Gasteiger partial charge on any atom is -0.322 e. The molecule has 3 nitrogen and oxygen atoms in total. The molecule has 2 aromatic rings. The standard InChI is InChI=1S/C19H24N2O/c1-4-13-5-7-14(8-6-13)17-12-11-16(19(2,3)20)18(22)21(17)15-9-10-15/h5-8,11-12,15H,4,9-10,20H2,1-3H3. The Morgan fingerprint density at radius 1 is 1.14 bits per heavy atom. The smallest absolute Gasteiger partial charge is 0.256 e. The number of rotatable bonds is 4. The Labute approximate surface area is 131 Å². The Balaban J connectivity index is 2.15. The number of benzene rings is 1. The largest absolute Gasteiger partial charge is 0.322 e. The summed E-state index contributed by atoms with van der Waals surface area (Å²) in [6.07, 6.45) is 3.18. The van der Waals surface area contributed by atoms with Crippen molar-refractivity contribution in [2.45, 2.75) is 51.6 Å². The molecule has 0 aliphatic heterocycles. The molecule has 3 rings (SSSR count). The molecule has 1 saturated carbocycles. The zero-order valence-corrected chi connectivity index (χ0v) is 13.6. The van der Waals surface area contributed by atoms with E-state index in [1.54, 1.807) is 0 Å². The zero-order chi connectivity index (χ0) is 15.9. The Hall–Kier alpha value is -1.87. The van der Waals surface area contributed by atoms with Crippen LogP contribution in [0, 0.1) is 0 Å². The molecule has 116 valence electrons. The van der Waals surface area contributed by atoms with Crippen molar-refractivity contribution in [2.24, 2.45) is 5.73 Å². The van der Waals surface area contributed by atoms with Gasteiger partial charge in [-0.05, 0) is 56.4 Å². The normalized spacial score (nSPS) is 15.1. The van der Waals surface area contributed by atoms with Crippen molar-refractivity contribution in [3.05, 3.63) is 57.9 Å². The first kappa shape index (κ1) is 15.0. The Morgan fingerprint density at radius 3 is 2.27 bits per heavy atom. The van der Waals surface area contributed by atoms with Crippen LogP contribution in [0.5, 0.6) is 0 Å². The highest BCUT2D eigenvalue weighted by molar-refractivity contribution is 5.61. The van der Waals surface area contributed by atoms with Gasteiger partial charge >= 0.3 is 0 Å². The van der Waals surface area contributed by atoms with E-state index in [1.807, 2.05) is 30.5 Å². The molecule has 0 amide bonds. The number of hydrogen-bond donors (Lipinski definition) is 1. The van der Waals surface area contributed by atoms with E-state index in [-0.39, 0.29) is 5.56 Å². The number of nitrogens with zero attached hydrogens (tertiary/aromatic N) is 1. The third kappa shape index (κ3) is 2.73. The van der Waals surface area contributed by atoms with Crippen LogP contribution in [0.4, 0.5) is 0 Å². The first-order valence-corrected chi connectivity index (χ1v) is 8.06.